The van der Waals surface area contributed by atoms with Crippen molar-refractivity contribution in [1.29, 1.82) is 0 Å². The van der Waals surface area contributed by atoms with E-state index in [-0.39, 0.29) is 19.0 Å². The minimum atomic E-state index is -2.26. The molecule has 1 heterocycles. The summed E-state index contributed by atoms with van der Waals surface area (Å²) in [7, 11) is 0. The van der Waals surface area contributed by atoms with E-state index < -0.39 is 11.4 Å². The summed E-state index contributed by atoms with van der Waals surface area (Å²) in [5.74, 6) is -2.46. The molecule has 1 aliphatic rings. The molecule has 34 heavy (non-hydrogen) atoms. The molecule has 5 heteroatoms. The van der Waals surface area contributed by atoms with Crippen molar-refractivity contribution in [3.8, 4) is 0 Å². The maximum atomic E-state index is 12.8. The summed E-state index contributed by atoms with van der Waals surface area (Å²) in [5.41, 5.74) is 2.35. The number of carbonyl (C=O) groups is 1. The molecule has 1 aliphatic heterocycles. The van der Waals surface area contributed by atoms with E-state index in [2.05, 4.69) is 48.2 Å². The number of hydrogen-bond donors (Lipinski definition) is 2. The Hall–Kier alpha value is -2.99. The van der Waals surface area contributed by atoms with Gasteiger partial charge in [-0.25, -0.2) is 0 Å². The molecule has 2 N–H and O–H groups in total. The molecule has 1 saturated heterocycles. The number of carbonyl (C=O) groups excluding carboxylic acids is 1. The van der Waals surface area contributed by atoms with Crippen LogP contribution in [0, 0.1) is 0 Å². The second-order valence-electron chi connectivity index (χ2n) is 9.01. The molecule has 5 nitrogen and oxygen atoms in total. The van der Waals surface area contributed by atoms with E-state index in [0.717, 1.165) is 36.0 Å². The van der Waals surface area contributed by atoms with E-state index >= 15 is 0 Å². The normalized spacial score (nSPS) is 16.4. The predicted molar refractivity (Wildman–Crippen MR) is 134 cm³/mol. The number of β-amino-alcohol motifs (C(OH)–C–C–N with tert-alkyl or cyclic N) is 2. The highest BCUT2D eigenvalue weighted by Gasteiger charge is 2.50. The van der Waals surface area contributed by atoms with Crippen LogP contribution < -0.4 is 0 Å². The van der Waals surface area contributed by atoms with Gasteiger partial charge in [-0.05, 0) is 23.1 Å². The van der Waals surface area contributed by atoms with Crippen molar-refractivity contribution in [2.45, 2.75) is 44.1 Å². The van der Waals surface area contributed by atoms with Crippen LogP contribution in [0.2, 0.25) is 0 Å². The molecule has 0 unspecified atom stereocenters. The lowest BCUT2D eigenvalue weighted by molar-refractivity contribution is -0.284. The molecular weight excluding hydrogens is 424 g/mol. The van der Waals surface area contributed by atoms with E-state index in [1.54, 1.807) is 0 Å². The topological polar surface area (TPSA) is 64.0 Å². The summed E-state index contributed by atoms with van der Waals surface area (Å²) in [6.45, 7) is 2.74. The Morgan fingerprint density at radius 2 is 1.26 bits per heavy atom. The van der Waals surface area contributed by atoms with Crippen molar-refractivity contribution >= 4 is 5.91 Å². The van der Waals surface area contributed by atoms with Gasteiger partial charge in [-0.15, -0.1) is 0 Å². The quantitative estimate of drug-likeness (QED) is 0.299. The number of hydrogen-bond acceptors (Lipinski definition) is 4. The van der Waals surface area contributed by atoms with E-state index in [0.29, 0.717) is 13.0 Å². The van der Waals surface area contributed by atoms with Gasteiger partial charge in [0.1, 0.15) is 0 Å². The Balaban J connectivity index is 1.79. The van der Waals surface area contributed by atoms with Gasteiger partial charge in [0.15, 0.2) is 0 Å². The summed E-state index contributed by atoms with van der Waals surface area (Å²) in [4.78, 5) is 16.2. The lowest BCUT2D eigenvalue weighted by atomic mass is 9.75. The summed E-state index contributed by atoms with van der Waals surface area (Å²) in [5, 5.41) is 22.3. The van der Waals surface area contributed by atoms with Crippen molar-refractivity contribution < 1.29 is 15.0 Å². The fraction of sp³-hybridized carbons (Fsp3) is 0.345. The number of nitrogens with zero attached hydrogens (tertiary/aromatic N) is 2. The van der Waals surface area contributed by atoms with Crippen molar-refractivity contribution in [2.75, 3.05) is 19.6 Å². The molecule has 0 saturated carbocycles. The van der Waals surface area contributed by atoms with Crippen LogP contribution in [0.25, 0.3) is 0 Å². The lowest BCUT2D eigenvalue weighted by Gasteiger charge is -2.52. The van der Waals surface area contributed by atoms with Gasteiger partial charge in [0.2, 0.25) is 5.91 Å². The first-order valence-corrected chi connectivity index (χ1v) is 12.2. The maximum absolute atomic E-state index is 12.8. The van der Waals surface area contributed by atoms with Crippen molar-refractivity contribution in [3.05, 3.63) is 108 Å². The van der Waals surface area contributed by atoms with E-state index in [1.807, 2.05) is 54.6 Å². The van der Waals surface area contributed by atoms with Crippen LogP contribution in [-0.2, 0) is 10.3 Å². The van der Waals surface area contributed by atoms with Crippen LogP contribution in [0.3, 0.4) is 0 Å². The first-order chi connectivity index (χ1) is 16.5. The first kappa shape index (κ1) is 24.1. The van der Waals surface area contributed by atoms with Gasteiger partial charge in [0.25, 0.3) is 5.91 Å². The lowest BCUT2D eigenvalue weighted by Crippen LogP contribution is -2.67. The SMILES string of the molecule is CCCCCC(=O)N1CCN(C(c2ccccc2)(c2ccccc2)c2ccccc2)CC1(O)O. The van der Waals surface area contributed by atoms with Crippen LogP contribution >= 0.6 is 0 Å². The molecule has 1 amide bonds. The Morgan fingerprint density at radius 3 is 1.68 bits per heavy atom. The molecule has 178 valence electrons. The average Bonchev–Trinajstić information content (AvgIpc) is 2.86. The van der Waals surface area contributed by atoms with Gasteiger partial charge in [0.05, 0.1) is 12.1 Å². The van der Waals surface area contributed by atoms with Gasteiger partial charge >= 0.3 is 0 Å². The zero-order valence-corrected chi connectivity index (χ0v) is 19.8. The molecular formula is C29H34N2O3. The second kappa shape index (κ2) is 10.5. The summed E-state index contributed by atoms with van der Waals surface area (Å²) in [6, 6.07) is 30.5. The molecule has 0 aliphatic carbocycles. The predicted octanol–water partition coefficient (Wildman–Crippen LogP) is 4.34. The maximum Gasteiger partial charge on any atom is 0.262 e. The fourth-order valence-electron chi connectivity index (χ4n) is 5.18. The van der Waals surface area contributed by atoms with Crippen LogP contribution in [0.1, 0.15) is 49.3 Å². The van der Waals surface area contributed by atoms with Gasteiger partial charge in [-0.3, -0.25) is 14.6 Å². The Labute approximate surface area is 202 Å². The number of unbranched alkanes of at least 4 members (excludes halogenated alkanes) is 2. The zero-order chi connectivity index (χ0) is 24.0. The highest BCUT2D eigenvalue weighted by molar-refractivity contribution is 5.76. The highest BCUT2D eigenvalue weighted by atomic mass is 16.5. The molecule has 0 spiro atoms. The van der Waals surface area contributed by atoms with Crippen molar-refractivity contribution in [2.24, 2.45) is 0 Å². The summed E-state index contributed by atoms with van der Waals surface area (Å²) in [6.07, 6.45) is 3.05. The molecule has 0 bridgehead atoms. The van der Waals surface area contributed by atoms with E-state index in [4.69, 9.17) is 0 Å². The Kier molecular flexibility index (Phi) is 7.47. The summed E-state index contributed by atoms with van der Waals surface area (Å²) < 4.78 is 0. The van der Waals surface area contributed by atoms with Crippen LogP contribution in [0.5, 0.6) is 0 Å². The standard InChI is InChI=1S/C29H34N2O3/c1-2-3-7-20-27(32)31-22-21-30(23-28(31,33)34)29(24-14-8-4-9-15-24,25-16-10-5-11-17-25)26-18-12-6-13-19-26/h4-6,8-19,33-34H,2-3,7,20-23H2,1H3. The number of benzene rings is 3. The minimum absolute atomic E-state index is 0.0921. The smallest absolute Gasteiger partial charge is 0.262 e. The molecule has 0 atom stereocenters. The first-order valence-electron chi connectivity index (χ1n) is 12.2. The molecule has 4 rings (SSSR count). The number of aliphatic hydroxyl groups is 2. The van der Waals surface area contributed by atoms with E-state index in [9.17, 15) is 15.0 Å². The Bertz CT molecular complexity index is 958. The third-order valence-electron chi connectivity index (χ3n) is 6.77. The van der Waals surface area contributed by atoms with Crippen molar-refractivity contribution in [1.82, 2.24) is 9.80 Å². The van der Waals surface area contributed by atoms with Gasteiger partial charge < -0.3 is 10.2 Å². The number of amides is 1. The molecule has 3 aromatic rings. The molecule has 1 fully saturated rings. The molecule has 0 radical (unpaired) electrons. The molecule has 3 aromatic carbocycles. The van der Waals surface area contributed by atoms with Crippen molar-refractivity contribution in [3.63, 3.8) is 0 Å². The largest absolute Gasteiger partial charge is 0.348 e. The third-order valence-corrected chi connectivity index (χ3v) is 6.77. The number of rotatable bonds is 8. The molecule has 0 aromatic heterocycles. The summed E-state index contributed by atoms with van der Waals surface area (Å²) >= 11 is 0. The van der Waals surface area contributed by atoms with Gasteiger partial charge in [-0.2, -0.15) is 0 Å². The number of piperazine rings is 1. The van der Waals surface area contributed by atoms with Gasteiger partial charge in [0, 0.05) is 19.5 Å². The minimum Gasteiger partial charge on any atom is -0.348 e. The third kappa shape index (κ3) is 4.64. The fourth-order valence-corrected chi connectivity index (χ4v) is 5.18. The van der Waals surface area contributed by atoms with Crippen LogP contribution in [-0.4, -0.2) is 51.5 Å². The van der Waals surface area contributed by atoms with E-state index in [1.165, 1.54) is 4.90 Å². The average molecular weight is 459 g/mol. The Morgan fingerprint density at radius 1 is 0.794 bits per heavy atom. The zero-order valence-electron chi connectivity index (χ0n) is 19.8. The monoisotopic (exact) mass is 458 g/mol. The second-order valence-corrected chi connectivity index (χ2v) is 9.01. The van der Waals surface area contributed by atoms with Crippen LogP contribution in [0.4, 0.5) is 0 Å². The van der Waals surface area contributed by atoms with Gasteiger partial charge in [-0.1, -0.05) is 111 Å². The van der Waals surface area contributed by atoms with Crippen LogP contribution in [0.15, 0.2) is 91.0 Å². The highest BCUT2D eigenvalue weighted by Crippen LogP contribution is 2.44.